The maximum Gasteiger partial charge on any atom is 0.407 e. The summed E-state index contributed by atoms with van der Waals surface area (Å²) in [4.78, 5) is 26.3. The number of nitrogens with one attached hydrogen (secondary N) is 1. The van der Waals surface area contributed by atoms with E-state index in [-0.39, 0.29) is 24.7 Å². The lowest BCUT2D eigenvalue weighted by Gasteiger charge is -2.50. The summed E-state index contributed by atoms with van der Waals surface area (Å²) in [6.45, 7) is 10.5. The van der Waals surface area contributed by atoms with Crippen LogP contribution in [0.25, 0.3) is 0 Å². The topological polar surface area (TPSA) is 113 Å². The number of carbonyl (C=O) groups is 2. The van der Waals surface area contributed by atoms with E-state index in [0.717, 1.165) is 25.7 Å². The van der Waals surface area contributed by atoms with Crippen LogP contribution < -0.4 is 5.32 Å². The van der Waals surface area contributed by atoms with Gasteiger partial charge in [-0.3, -0.25) is 4.79 Å². The standard InChI is InChI=1S/C34H49NO8/c1-7-28-22(4)13-14-33(43-28)18-26-17-25(42-33)12-11-21(3)15-20(2)9-8-10-24-19-39-30-29(41-32(37)35-6)23(5)16-27(31(36)40-26)34(24,30)38/h8-11,16,20,22,25-30,38H,7,12-15,17-19H2,1-6H3,(H,35,37)/b9-8+,21-11+,24-10+/t20-,22-,25+,26-,27-,28+,29+,30+,33+,34+/m0/s1. The zero-order valence-electron chi connectivity index (χ0n) is 26.5. The van der Waals surface area contributed by atoms with Gasteiger partial charge in [0.1, 0.15) is 23.7 Å². The second kappa shape index (κ2) is 12.9. The molecule has 5 aliphatic rings. The molecule has 0 aromatic heterocycles. The second-order valence-corrected chi connectivity index (χ2v) is 13.3. The van der Waals surface area contributed by atoms with E-state index in [0.29, 0.717) is 36.3 Å². The quantitative estimate of drug-likeness (QED) is 0.325. The van der Waals surface area contributed by atoms with Gasteiger partial charge in [0.25, 0.3) is 0 Å². The molecule has 1 aliphatic carbocycles. The predicted octanol–water partition coefficient (Wildman–Crippen LogP) is 5.29. The van der Waals surface area contributed by atoms with Crippen molar-refractivity contribution in [1.82, 2.24) is 5.32 Å². The van der Waals surface area contributed by atoms with Crippen LogP contribution in [0.4, 0.5) is 4.79 Å². The first-order chi connectivity index (χ1) is 20.5. The third-order valence-corrected chi connectivity index (χ3v) is 9.91. The average molecular weight is 600 g/mol. The molecule has 4 aliphatic heterocycles. The highest BCUT2D eigenvalue weighted by Gasteiger charge is 2.61. The van der Waals surface area contributed by atoms with Crippen LogP contribution >= 0.6 is 0 Å². The minimum absolute atomic E-state index is 0.0811. The highest BCUT2D eigenvalue weighted by Crippen LogP contribution is 2.48. The summed E-state index contributed by atoms with van der Waals surface area (Å²) in [5, 5.41) is 14.8. The smallest absolute Gasteiger partial charge is 0.407 e. The second-order valence-electron chi connectivity index (χ2n) is 13.3. The molecule has 9 heteroatoms. The highest BCUT2D eigenvalue weighted by molar-refractivity contribution is 5.79. The zero-order valence-corrected chi connectivity index (χ0v) is 26.5. The molecule has 238 valence electrons. The lowest BCUT2D eigenvalue weighted by Crippen LogP contribution is -2.59. The molecule has 2 N–H and O–H groups in total. The van der Waals surface area contributed by atoms with Crippen molar-refractivity contribution in [2.24, 2.45) is 17.8 Å². The molecule has 9 nitrogen and oxygen atoms in total. The fraction of sp³-hybridized carbons (Fsp3) is 0.706. The van der Waals surface area contributed by atoms with E-state index in [9.17, 15) is 14.7 Å². The minimum atomic E-state index is -1.75. The van der Waals surface area contributed by atoms with Crippen molar-refractivity contribution in [2.75, 3.05) is 13.7 Å². The van der Waals surface area contributed by atoms with E-state index >= 15 is 0 Å². The Kier molecular flexibility index (Phi) is 9.57. The van der Waals surface area contributed by atoms with Crippen LogP contribution in [0.15, 0.2) is 47.1 Å². The van der Waals surface area contributed by atoms with Crippen LogP contribution in [0.5, 0.6) is 0 Å². The molecular formula is C34H49NO8. The van der Waals surface area contributed by atoms with Gasteiger partial charge >= 0.3 is 12.1 Å². The normalized spacial score (nSPS) is 45.0. The molecule has 3 fully saturated rings. The summed E-state index contributed by atoms with van der Waals surface area (Å²) >= 11 is 0. The Morgan fingerprint density at radius 2 is 2.00 bits per heavy atom. The minimum Gasteiger partial charge on any atom is -0.462 e. The molecule has 0 aromatic carbocycles. The summed E-state index contributed by atoms with van der Waals surface area (Å²) in [7, 11) is 1.47. The van der Waals surface area contributed by atoms with Crippen LogP contribution in [0.3, 0.4) is 0 Å². The molecule has 2 bridgehead atoms. The van der Waals surface area contributed by atoms with Gasteiger partial charge in [-0.15, -0.1) is 0 Å². The Hall–Kier alpha value is -2.46. The fourth-order valence-electron chi connectivity index (χ4n) is 7.54. The number of hydrogen-bond donors (Lipinski definition) is 2. The lowest BCUT2D eigenvalue weighted by molar-refractivity contribution is -0.335. The largest absolute Gasteiger partial charge is 0.462 e. The van der Waals surface area contributed by atoms with Crippen molar-refractivity contribution in [2.45, 2.75) is 121 Å². The molecule has 1 spiro atoms. The van der Waals surface area contributed by atoms with Crippen molar-refractivity contribution in [1.29, 1.82) is 0 Å². The van der Waals surface area contributed by atoms with Gasteiger partial charge in [0, 0.05) is 26.3 Å². The van der Waals surface area contributed by atoms with Crippen LogP contribution in [0, 0.1) is 17.8 Å². The van der Waals surface area contributed by atoms with Crippen molar-refractivity contribution in [3.63, 3.8) is 0 Å². The van der Waals surface area contributed by atoms with Crippen LogP contribution in [0.2, 0.25) is 0 Å². The first-order valence-corrected chi connectivity index (χ1v) is 16.0. The Bertz CT molecular complexity index is 1190. The van der Waals surface area contributed by atoms with Crippen LogP contribution in [-0.2, 0) is 28.5 Å². The van der Waals surface area contributed by atoms with Gasteiger partial charge in [-0.2, -0.15) is 0 Å². The van der Waals surface area contributed by atoms with E-state index in [1.165, 1.54) is 12.6 Å². The van der Waals surface area contributed by atoms with Crippen molar-refractivity contribution < 1.29 is 38.4 Å². The Balaban J connectivity index is 1.52. The number of fused-ring (bicyclic) bond motifs is 2. The van der Waals surface area contributed by atoms with Gasteiger partial charge in [-0.1, -0.05) is 56.7 Å². The molecule has 0 radical (unpaired) electrons. The van der Waals surface area contributed by atoms with E-state index in [1.807, 2.05) is 12.2 Å². The van der Waals surface area contributed by atoms with Gasteiger partial charge < -0.3 is 34.1 Å². The van der Waals surface area contributed by atoms with Crippen molar-refractivity contribution in [3.05, 3.63) is 47.1 Å². The van der Waals surface area contributed by atoms with E-state index < -0.39 is 47.7 Å². The number of ether oxygens (including phenoxy) is 5. The van der Waals surface area contributed by atoms with Gasteiger partial charge in [0.15, 0.2) is 11.9 Å². The maximum atomic E-state index is 14.1. The summed E-state index contributed by atoms with van der Waals surface area (Å²) in [5.41, 5.74) is 0.691. The fourth-order valence-corrected chi connectivity index (χ4v) is 7.54. The number of rotatable bonds is 2. The van der Waals surface area contributed by atoms with E-state index in [1.54, 1.807) is 13.0 Å². The Morgan fingerprint density at radius 3 is 2.74 bits per heavy atom. The van der Waals surface area contributed by atoms with Gasteiger partial charge in [-0.05, 0) is 62.5 Å². The average Bonchev–Trinajstić information content (AvgIpc) is 3.30. The Morgan fingerprint density at radius 1 is 1.21 bits per heavy atom. The molecule has 10 atom stereocenters. The molecule has 0 aromatic rings. The zero-order chi connectivity index (χ0) is 30.9. The van der Waals surface area contributed by atoms with Crippen LogP contribution in [-0.4, -0.2) is 72.7 Å². The summed E-state index contributed by atoms with van der Waals surface area (Å²) in [6.07, 6.45) is 12.0. The molecule has 4 heterocycles. The third kappa shape index (κ3) is 6.51. The maximum absolute atomic E-state index is 14.1. The molecule has 0 saturated carbocycles. The third-order valence-electron chi connectivity index (χ3n) is 9.91. The number of hydrogen-bond acceptors (Lipinski definition) is 8. The first kappa shape index (κ1) is 31.9. The van der Waals surface area contributed by atoms with Gasteiger partial charge in [-0.25, -0.2) is 4.79 Å². The molecular weight excluding hydrogens is 550 g/mol. The monoisotopic (exact) mass is 599 g/mol. The van der Waals surface area contributed by atoms with Crippen molar-refractivity contribution in [3.8, 4) is 0 Å². The molecule has 1 amide bonds. The summed E-state index contributed by atoms with van der Waals surface area (Å²) in [6, 6.07) is 0. The molecule has 3 saturated heterocycles. The van der Waals surface area contributed by atoms with Crippen LogP contribution in [0.1, 0.15) is 79.6 Å². The number of alkyl carbamates (subject to hydrolysis) is 1. The van der Waals surface area contributed by atoms with E-state index in [4.69, 9.17) is 23.7 Å². The number of aliphatic hydroxyl groups is 1. The number of amides is 1. The molecule has 5 rings (SSSR count). The Labute approximate surface area is 255 Å². The molecule has 43 heavy (non-hydrogen) atoms. The number of carbonyl (C=O) groups excluding carboxylic acids is 2. The molecule has 0 unspecified atom stereocenters. The van der Waals surface area contributed by atoms with Crippen molar-refractivity contribution >= 4 is 12.1 Å². The number of esters is 1. The van der Waals surface area contributed by atoms with Gasteiger partial charge in [0.2, 0.25) is 0 Å². The lowest BCUT2D eigenvalue weighted by atomic mass is 9.70. The first-order valence-electron chi connectivity index (χ1n) is 16.0. The van der Waals surface area contributed by atoms with Gasteiger partial charge in [0.05, 0.1) is 18.8 Å². The summed E-state index contributed by atoms with van der Waals surface area (Å²) < 4.78 is 31.4. The highest BCUT2D eigenvalue weighted by atomic mass is 16.7. The predicted molar refractivity (Wildman–Crippen MR) is 161 cm³/mol. The SMILES string of the molecule is CC[C@H]1O[C@]2(CC[C@@H]1C)C[C@@H]1C[C@@H](C/C=C(\C)C[C@@H](C)/C=C/C=C3\CO[C@@H]4[C@H](OC(=O)NC)C(C)=C[C@@H](C(=O)O1)[C@]34O)O2. The summed E-state index contributed by atoms with van der Waals surface area (Å²) in [5.74, 6) is -1.69. The number of allylic oxidation sites excluding steroid dienone is 4. The van der Waals surface area contributed by atoms with E-state index in [2.05, 4.69) is 45.2 Å².